The molecule has 0 unspecified atom stereocenters. The summed E-state index contributed by atoms with van der Waals surface area (Å²) in [6.07, 6.45) is 0. The van der Waals surface area contributed by atoms with Gasteiger partial charge in [0.15, 0.2) is 0 Å². The molecule has 29 heavy (non-hydrogen) atoms. The van der Waals surface area contributed by atoms with Crippen molar-refractivity contribution >= 4 is 53.9 Å². The molecule has 0 fully saturated rings. The number of anilines is 2. The Morgan fingerprint density at radius 3 is 2.07 bits per heavy atom. The summed E-state index contributed by atoms with van der Waals surface area (Å²) in [4.78, 5) is 1.68. The van der Waals surface area contributed by atoms with E-state index in [9.17, 15) is 0 Å². The fourth-order valence-corrected chi connectivity index (χ4v) is 4.71. The van der Waals surface area contributed by atoms with Crippen LogP contribution in [0.25, 0.3) is 36.9 Å². The van der Waals surface area contributed by atoms with E-state index in [2.05, 4.69) is 70.1 Å². The molecule has 6 aromatic rings. The number of nitrogens with one attached hydrogen (secondary N) is 1. The maximum absolute atomic E-state index is 4.54. The van der Waals surface area contributed by atoms with Gasteiger partial charge in [0.05, 0.1) is 5.69 Å². The van der Waals surface area contributed by atoms with Gasteiger partial charge in [0.2, 0.25) is 0 Å². The molecule has 0 atom stereocenters. The summed E-state index contributed by atoms with van der Waals surface area (Å²) in [7, 11) is 0. The SMILES string of the molecule is c1ccc2nn(-c3ccc(Nc4ccc5sc6ccccc6c5c4)cc3)nc2c1. The van der Waals surface area contributed by atoms with E-state index in [0.717, 1.165) is 28.1 Å². The first kappa shape index (κ1) is 16.3. The molecule has 0 amide bonds. The minimum absolute atomic E-state index is 0.894. The predicted octanol–water partition coefficient (Wildman–Crippen LogP) is 6.53. The molecule has 4 aromatic carbocycles. The molecule has 0 spiro atoms. The van der Waals surface area contributed by atoms with E-state index in [-0.39, 0.29) is 0 Å². The standard InChI is InChI=1S/C24H16N4S/c1-4-8-23-19(5-1)20-15-17(11-14-24(20)29-23)25-16-9-12-18(13-10-16)28-26-21-6-2-3-7-22(21)27-28/h1-15,25H. The van der Waals surface area contributed by atoms with Crippen molar-refractivity contribution in [2.24, 2.45) is 0 Å². The highest BCUT2D eigenvalue weighted by atomic mass is 32.1. The minimum atomic E-state index is 0.894. The number of hydrogen-bond acceptors (Lipinski definition) is 4. The normalized spacial score (nSPS) is 11.4. The molecule has 2 heterocycles. The van der Waals surface area contributed by atoms with Crippen molar-refractivity contribution in [2.75, 3.05) is 5.32 Å². The third-order valence-electron chi connectivity index (χ3n) is 5.05. The smallest absolute Gasteiger partial charge is 0.113 e. The summed E-state index contributed by atoms with van der Waals surface area (Å²) in [6.45, 7) is 0. The average molecular weight is 392 g/mol. The van der Waals surface area contributed by atoms with Crippen molar-refractivity contribution in [3.8, 4) is 5.69 Å². The predicted molar refractivity (Wildman–Crippen MR) is 121 cm³/mol. The molecule has 0 aliphatic heterocycles. The topological polar surface area (TPSA) is 42.7 Å². The van der Waals surface area contributed by atoms with Gasteiger partial charge in [-0.05, 0) is 60.7 Å². The van der Waals surface area contributed by atoms with Crippen LogP contribution in [-0.2, 0) is 0 Å². The van der Waals surface area contributed by atoms with Crippen LogP contribution in [0.2, 0.25) is 0 Å². The van der Waals surface area contributed by atoms with Gasteiger partial charge in [-0.1, -0.05) is 30.3 Å². The molecule has 5 heteroatoms. The van der Waals surface area contributed by atoms with E-state index < -0.39 is 0 Å². The quantitative estimate of drug-likeness (QED) is 0.372. The maximum Gasteiger partial charge on any atom is 0.113 e. The van der Waals surface area contributed by atoms with Gasteiger partial charge in [0, 0.05) is 31.5 Å². The van der Waals surface area contributed by atoms with Crippen LogP contribution in [0.15, 0.2) is 91.0 Å². The van der Waals surface area contributed by atoms with Gasteiger partial charge in [-0.3, -0.25) is 0 Å². The van der Waals surface area contributed by atoms with Gasteiger partial charge in [-0.25, -0.2) is 0 Å². The number of thiophene rings is 1. The molecule has 0 saturated heterocycles. The molecule has 138 valence electrons. The van der Waals surface area contributed by atoms with Gasteiger partial charge in [-0.2, -0.15) is 4.80 Å². The summed E-state index contributed by atoms with van der Waals surface area (Å²) >= 11 is 1.83. The third-order valence-corrected chi connectivity index (χ3v) is 6.20. The summed E-state index contributed by atoms with van der Waals surface area (Å²) in [6, 6.07) is 31.2. The fourth-order valence-electron chi connectivity index (χ4n) is 3.62. The van der Waals surface area contributed by atoms with Crippen molar-refractivity contribution in [1.29, 1.82) is 0 Å². The van der Waals surface area contributed by atoms with Crippen LogP contribution in [0.1, 0.15) is 0 Å². The van der Waals surface area contributed by atoms with Crippen LogP contribution in [-0.4, -0.2) is 15.0 Å². The Bertz CT molecular complexity index is 1440. The lowest BCUT2D eigenvalue weighted by Crippen LogP contribution is -1.98. The van der Waals surface area contributed by atoms with Crippen LogP contribution in [0.3, 0.4) is 0 Å². The molecule has 2 aromatic heterocycles. The maximum atomic E-state index is 4.54. The fraction of sp³-hybridized carbons (Fsp3) is 0. The van der Waals surface area contributed by atoms with Gasteiger partial charge < -0.3 is 5.32 Å². The molecule has 0 bridgehead atoms. The Kier molecular flexibility index (Phi) is 3.61. The molecular formula is C24H16N4S. The van der Waals surface area contributed by atoms with Crippen molar-refractivity contribution in [2.45, 2.75) is 0 Å². The molecular weight excluding hydrogens is 376 g/mol. The van der Waals surface area contributed by atoms with Crippen LogP contribution in [0, 0.1) is 0 Å². The zero-order valence-corrected chi connectivity index (χ0v) is 16.2. The Morgan fingerprint density at radius 2 is 1.28 bits per heavy atom. The van der Waals surface area contributed by atoms with E-state index in [0.29, 0.717) is 0 Å². The summed E-state index contributed by atoms with van der Waals surface area (Å²) in [5.74, 6) is 0. The largest absolute Gasteiger partial charge is 0.356 e. The first-order chi connectivity index (χ1) is 14.3. The van der Waals surface area contributed by atoms with Crippen molar-refractivity contribution in [3.63, 3.8) is 0 Å². The monoisotopic (exact) mass is 392 g/mol. The van der Waals surface area contributed by atoms with Crippen LogP contribution < -0.4 is 5.32 Å². The molecule has 0 aliphatic rings. The van der Waals surface area contributed by atoms with Crippen LogP contribution in [0.5, 0.6) is 0 Å². The van der Waals surface area contributed by atoms with Crippen molar-refractivity contribution < 1.29 is 0 Å². The first-order valence-electron chi connectivity index (χ1n) is 9.44. The molecule has 0 saturated carbocycles. The highest BCUT2D eigenvalue weighted by Gasteiger charge is 2.07. The zero-order valence-electron chi connectivity index (χ0n) is 15.4. The highest BCUT2D eigenvalue weighted by molar-refractivity contribution is 7.25. The lowest BCUT2D eigenvalue weighted by molar-refractivity contribution is 0.766. The molecule has 6 rings (SSSR count). The number of benzene rings is 4. The van der Waals surface area contributed by atoms with Gasteiger partial charge in [-0.15, -0.1) is 21.5 Å². The van der Waals surface area contributed by atoms with E-state index >= 15 is 0 Å². The third kappa shape index (κ3) is 2.83. The number of rotatable bonds is 3. The second-order valence-electron chi connectivity index (χ2n) is 6.96. The highest BCUT2D eigenvalue weighted by Crippen LogP contribution is 2.35. The van der Waals surface area contributed by atoms with E-state index in [1.165, 1.54) is 20.2 Å². The summed E-state index contributed by atoms with van der Waals surface area (Å²) < 4.78 is 2.63. The minimum Gasteiger partial charge on any atom is -0.356 e. The summed E-state index contributed by atoms with van der Waals surface area (Å²) in [5.41, 5.74) is 4.84. The second kappa shape index (κ2) is 6.43. The Balaban J connectivity index is 1.31. The van der Waals surface area contributed by atoms with Crippen LogP contribution in [0.4, 0.5) is 11.4 Å². The second-order valence-corrected chi connectivity index (χ2v) is 8.04. The lowest BCUT2D eigenvalue weighted by atomic mass is 10.1. The molecule has 4 nitrogen and oxygen atoms in total. The Labute approximate surface area is 171 Å². The number of nitrogens with zero attached hydrogens (tertiary/aromatic N) is 3. The van der Waals surface area contributed by atoms with E-state index in [4.69, 9.17) is 0 Å². The van der Waals surface area contributed by atoms with Crippen LogP contribution >= 0.6 is 11.3 Å². The lowest BCUT2D eigenvalue weighted by Gasteiger charge is -2.08. The van der Waals surface area contributed by atoms with Crippen molar-refractivity contribution in [1.82, 2.24) is 15.0 Å². The van der Waals surface area contributed by atoms with Crippen molar-refractivity contribution in [3.05, 3.63) is 91.0 Å². The Morgan fingerprint density at radius 1 is 0.621 bits per heavy atom. The molecule has 0 aliphatic carbocycles. The number of hydrogen-bond donors (Lipinski definition) is 1. The van der Waals surface area contributed by atoms with Gasteiger partial charge in [0.1, 0.15) is 11.0 Å². The van der Waals surface area contributed by atoms with E-state index in [1.54, 1.807) is 4.80 Å². The average Bonchev–Trinajstić information content (AvgIpc) is 3.35. The first-order valence-corrected chi connectivity index (χ1v) is 10.3. The molecule has 1 N–H and O–H groups in total. The number of fused-ring (bicyclic) bond motifs is 4. The van der Waals surface area contributed by atoms with Gasteiger partial charge in [0.25, 0.3) is 0 Å². The summed E-state index contributed by atoms with van der Waals surface area (Å²) in [5, 5.41) is 15.2. The zero-order chi connectivity index (χ0) is 19.2. The molecule has 0 radical (unpaired) electrons. The van der Waals surface area contributed by atoms with E-state index in [1.807, 2.05) is 47.7 Å². The Hall–Kier alpha value is -3.70. The number of aromatic nitrogens is 3. The van der Waals surface area contributed by atoms with Gasteiger partial charge >= 0.3 is 0 Å².